The highest BCUT2D eigenvalue weighted by molar-refractivity contribution is 5.79. The molecule has 3 heterocycles. The lowest BCUT2D eigenvalue weighted by Crippen LogP contribution is -2.42. The predicted octanol–water partition coefficient (Wildman–Crippen LogP) is 2.47. The van der Waals surface area contributed by atoms with E-state index < -0.39 is 5.76 Å². The third-order valence-electron chi connectivity index (χ3n) is 4.99. The van der Waals surface area contributed by atoms with Crippen LogP contribution in [0.2, 0.25) is 0 Å². The Morgan fingerprint density at radius 2 is 2.12 bits per heavy atom. The number of carbonyl (C=O) groups is 1. The zero-order valence-corrected chi connectivity index (χ0v) is 14.5. The lowest BCUT2D eigenvalue weighted by molar-refractivity contribution is -0.133. The summed E-state index contributed by atoms with van der Waals surface area (Å²) < 4.78 is 6.64. The maximum Gasteiger partial charge on any atom is 0.420 e. The Bertz CT molecular complexity index is 961. The van der Waals surface area contributed by atoms with E-state index in [-0.39, 0.29) is 12.5 Å². The highest BCUT2D eigenvalue weighted by Gasteiger charge is 2.25. The van der Waals surface area contributed by atoms with Gasteiger partial charge in [0, 0.05) is 25.5 Å². The quantitative estimate of drug-likeness (QED) is 0.724. The van der Waals surface area contributed by atoms with Crippen molar-refractivity contribution in [3.8, 4) is 0 Å². The Balaban J connectivity index is 1.46. The molecule has 6 nitrogen and oxygen atoms in total. The average Bonchev–Trinajstić information content (AvgIpc) is 2.98. The van der Waals surface area contributed by atoms with E-state index in [0.717, 1.165) is 32.4 Å². The van der Waals surface area contributed by atoms with Crippen molar-refractivity contribution in [3.05, 3.63) is 64.9 Å². The maximum atomic E-state index is 12.8. The molecule has 3 aromatic rings. The van der Waals surface area contributed by atoms with Crippen molar-refractivity contribution in [2.45, 2.75) is 25.8 Å². The molecule has 1 aliphatic heterocycles. The van der Waals surface area contributed by atoms with Crippen LogP contribution >= 0.6 is 0 Å². The van der Waals surface area contributed by atoms with Crippen LogP contribution in [-0.2, 0) is 17.8 Å². The molecule has 0 saturated carbocycles. The molecular weight excluding hydrogens is 330 g/mol. The SMILES string of the molecule is O=C(Cn1c(=O)oc2ccccc21)N1CCC[C@@H](Cc2cccnc2)C1. The van der Waals surface area contributed by atoms with Crippen molar-refractivity contribution in [1.82, 2.24) is 14.5 Å². The molecule has 0 N–H and O–H groups in total. The Morgan fingerprint density at radius 3 is 2.96 bits per heavy atom. The summed E-state index contributed by atoms with van der Waals surface area (Å²) in [5.41, 5.74) is 2.37. The number of para-hydroxylation sites is 2. The zero-order chi connectivity index (χ0) is 17.9. The van der Waals surface area contributed by atoms with Gasteiger partial charge < -0.3 is 9.32 Å². The Kier molecular flexibility index (Phi) is 4.56. The summed E-state index contributed by atoms with van der Waals surface area (Å²) in [6.45, 7) is 1.49. The summed E-state index contributed by atoms with van der Waals surface area (Å²) in [4.78, 5) is 30.9. The fourth-order valence-corrected chi connectivity index (χ4v) is 3.71. The molecule has 0 spiro atoms. The lowest BCUT2D eigenvalue weighted by atomic mass is 9.92. The summed E-state index contributed by atoms with van der Waals surface area (Å²) >= 11 is 0. The monoisotopic (exact) mass is 351 g/mol. The first-order chi connectivity index (χ1) is 12.7. The molecule has 1 amide bonds. The molecule has 0 radical (unpaired) electrons. The van der Waals surface area contributed by atoms with Gasteiger partial charge in [0.05, 0.1) is 5.52 Å². The van der Waals surface area contributed by atoms with E-state index in [1.54, 1.807) is 18.3 Å². The van der Waals surface area contributed by atoms with Crippen molar-refractivity contribution in [3.63, 3.8) is 0 Å². The molecule has 6 heteroatoms. The van der Waals surface area contributed by atoms with Crippen molar-refractivity contribution in [1.29, 1.82) is 0 Å². The van der Waals surface area contributed by atoms with Crippen molar-refractivity contribution in [2.75, 3.05) is 13.1 Å². The first-order valence-corrected chi connectivity index (χ1v) is 8.96. The van der Waals surface area contributed by atoms with Gasteiger partial charge in [-0.3, -0.25) is 14.3 Å². The highest BCUT2D eigenvalue weighted by Crippen LogP contribution is 2.21. The summed E-state index contributed by atoms with van der Waals surface area (Å²) in [5.74, 6) is -0.0901. The number of aromatic nitrogens is 2. The minimum atomic E-state index is -0.483. The fourth-order valence-electron chi connectivity index (χ4n) is 3.71. The fraction of sp³-hybridized carbons (Fsp3) is 0.350. The number of oxazole rings is 1. The van der Waals surface area contributed by atoms with Gasteiger partial charge in [0.15, 0.2) is 5.58 Å². The molecule has 1 atom stereocenters. The van der Waals surface area contributed by atoms with Crippen molar-refractivity contribution in [2.24, 2.45) is 5.92 Å². The van der Waals surface area contributed by atoms with Gasteiger partial charge in [0.2, 0.25) is 5.91 Å². The number of likely N-dealkylation sites (tertiary alicyclic amines) is 1. The van der Waals surface area contributed by atoms with E-state index in [4.69, 9.17) is 4.42 Å². The van der Waals surface area contributed by atoms with Gasteiger partial charge in [-0.05, 0) is 48.9 Å². The number of hydrogen-bond donors (Lipinski definition) is 0. The van der Waals surface area contributed by atoms with Crippen LogP contribution in [0.25, 0.3) is 11.1 Å². The number of hydrogen-bond acceptors (Lipinski definition) is 4. The molecule has 0 aliphatic carbocycles. The third-order valence-corrected chi connectivity index (χ3v) is 4.99. The number of nitrogens with zero attached hydrogens (tertiary/aromatic N) is 3. The Labute approximate surface area is 151 Å². The van der Waals surface area contributed by atoms with E-state index in [1.807, 2.05) is 29.3 Å². The van der Waals surface area contributed by atoms with Gasteiger partial charge in [-0.2, -0.15) is 0 Å². The smallest absolute Gasteiger partial charge is 0.408 e. The van der Waals surface area contributed by atoms with Crippen LogP contribution in [0, 0.1) is 5.92 Å². The summed E-state index contributed by atoms with van der Waals surface area (Å²) in [6, 6.07) is 11.2. The first kappa shape index (κ1) is 16.6. The topological polar surface area (TPSA) is 68.3 Å². The minimum absolute atomic E-state index is 0.0233. The molecule has 134 valence electrons. The van der Waals surface area contributed by atoms with Gasteiger partial charge in [0.1, 0.15) is 6.54 Å². The van der Waals surface area contributed by atoms with Crippen LogP contribution in [0.3, 0.4) is 0 Å². The zero-order valence-electron chi connectivity index (χ0n) is 14.5. The van der Waals surface area contributed by atoms with Gasteiger partial charge in [-0.15, -0.1) is 0 Å². The Morgan fingerprint density at radius 1 is 1.23 bits per heavy atom. The molecule has 4 rings (SSSR count). The molecule has 26 heavy (non-hydrogen) atoms. The molecule has 0 unspecified atom stereocenters. The predicted molar refractivity (Wildman–Crippen MR) is 97.7 cm³/mol. The number of benzene rings is 1. The van der Waals surface area contributed by atoms with E-state index >= 15 is 0 Å². The second-order valence-electron chi connectivity index (χ2n) is 6.84. The van der Waals surface area contributed by atoms with E-state index in [2.05, 4.69) is 11.1 Å². The van der Waals surface area contributed by atoms with E-state index in [9.17, 15) is 9.59 Å². The third kappa shape index (κ3) is 3.40. The number of rotatable bonds is 4. The molecule has 1 aromatic carbocycles. The van der Waals surface area contributed by atoms with Gasteiger partial charge in [0.25, 0.3) is 0 Å². The highest BCUT2D eigenvalue weighted by atomic mass is 16.4. The lowest BCUT2D eigenvalue weighted by Gasteiger charge is -2.33. The molecule has 1 fully saturated rings. The van der Waals surface area contributed by atoms with E-state index in [0.29, 0.717) is 17.0 Å². The minimum Gasteiger partial charge on any atom is -0.408 e. The summed E-state index contributed by atoms with van der Waals surface area (Å²) in [6.07, 6.45) is 6.67. The number of amides is 1. The largest absolute Gasteiger partial charge is 0.420 e. The summed E-state index contributed by atoms with van der Waals surface area (Å²) in [7, 11) is 0. The first-order valence-electron chi connectivity index (χ1n) is 8.96. The van der Waals surface area contributed by atoms with Crippen LogP contribution in [0.15, 0.2) is 58.0 Å². The van der Waals surface area contributed by atoms with Gasteiger partial charge >= 0.3 is 5.76 Å². The summed E-state index contributed by atoms with van der Waals surface area (Å²) in [5, 5.41) is 0. The van der Waals surface area contributed by atoms with Crippen LogP contribution < -0.4 is 5.76 Å². The molecule has 2 aromatic heterocycles. The molecule has 1 aliphatic rings. The normalized spacial score (nSPS) is 17.5. The van der Waals surface area contributed by atoms with Crippen molar-refractivity contribution < 1.29 is 9.21 Å². The number of pyridine rings is 1. The van der Waals surface area contributed by atoms with Crippen LogP contribution in [-0.4, -0.2) is 33.4 Å². The van der Waals surface area contributed by atoms with E-state index in [1.165, 1.54) is 10.1 Å². The molecule has 0 bridgehead atoms. The van der Waals surface area contributed by atoms with Gasteiger partial charge in [-0.1, -0.05) is 18.2 Å². The number of piperidine rings is 1. The van der Waals surface area contributed by atoms with Crippen LogP contribution in [0.1, 0.15) is 18.4 Å². The molecule has 1 saturated heterocycles. The average molecular weight is 351 g/mol. The second-order valence-corrected chi connectivity index (χ2v) is 6.84. The van der Waals surface area contributed by atoms with Crippen LogP contribution in [0.5, 0.6) is 0 Å². The maximum absolute atomic E-state index is 12.8. The second kappa shape index (κ2) is 7.15. The number of fused-ring (bicyclic) bond motifs is 1. The van der Waals surface area contributed by atoms with Crippen LogP contribution in [0.4, 0.5) is 0 Å². The standard InChI is InChI=1S/C20H21N3O3/c24-19(14-23-17-7-1-2-8-18(17)26-20(23)25)22-10-4-6-16(13-22)11-15-5-3-9-21-12-15/h1-3,5,7-9,12,16H,4,6,10-11,13-14H2/t16-/m0/s1. The molecular formula is C20H21N3O3. The van der Waals surface area contributed by atoms with Gasteiger partial charge in [-0.25, -0.2) is 4.79 Å². The number of carbonyl (C=O) groups excluding carboxylic acids is 1. The van der Waals surface area contributed by atoms with Crippen molar-refractivity contribution >= 4 is 17.0 Å². The Hall–Kier alpha value is -2.89.